The van der Waals surface area contributed by atoms with E-state index < -0.39 is 5.91 Å². The van der Waals surface area contributed by atoms with Gasteiger partial charge in [0.15, 0.2) is 5.78 Å². The van der Waals surface area contributed by atoms with Crippen molar-refractivity contribution < 1.29 is 9.59 Å². The fourth-order valence-corrected chi connectivity index (χ4v) is 3.55. The molecule has 1 aromatic carbocycles. The van der Waals surface area contributed by atoms with Gasteiger partial charge in [0.25, 0.3) is 0 Å². The highest BCUT2D eigenvalue weighted by Crippen LogP contribution is 2.30. The van der Waals surface area contributed by atoms with Crippen molar-refractivity contribution in [1.29, 1.82) is 0 Å². The Morgan fingerprint density at radius 2 is 2.00 bits per heavy atom. The van der Waals surface area contributed by atoms with Gasteiger partial charge in [-0.2, -0.15) is 0 Å². The van der Waals surface area contributed by atoms with Crippen LogP contribution in [0.2, 0.25) is 0 Å². The molecule has 3 rings (SSSR count). The molecule has 2 N–H and O–H groups in total. The van der Waals surface area contributed by atoms with E-state index in [4.69, 9.17) is 5.73 Å². The lowest BCUT2D eigenvalue weighted by Gasteiger charge is -2.20. The van der Waals surface area contributed by atoms with Crippen LogP contribution < -0.4 is 5.73 Å². The summed E-state index contributed by atoms with van der Waals surface area (Å²) >= 11 is 1.60. The van der Waals surface area contributed by atoms with Gasteiger partial charge < -0.3 is 5.73 Å². The average Bonchev–Trinajstić information content (AvgIpc) is 2.93. The van der Waals surface area contributed by atoms with Crippen molar-refractivity contribution in [2.75, 3.05) is 0 Å². The summed E-state index contributed by atoms with van der Waals surface area (Å²) in [5.41, 5.74) is 9.04. The van der Waals surface area contributed by atoms with Crippen LogP contribution in [0.3, 0.4) is 0 Å². The standard InChI is InChI=1S/C15H14N2O2S/c16-15(19)11-4-2-1-3-10(11)14(18)9-5-6-12-13(7-9)20-8-17-12/h1-4,8-9H,5-7H2,(H2,16,19). The molecule has 20 heavy (non-hydrogen) atoms. The number of hydrogen-bond acceptors (Lipinski definition) is 4. The summed E-state index contributed by atoms with van der Waals surface area (Å²) < 4.78 is 0. The number of aromatic nitrogens is 1. The summed E-state index contributed by atoms with van der Waals surface area (Å²) in [7, 11) is 0. The molecule has 0 spiro atoms. The first kappa shape index (κ1) is 13.0. The highest BCUT2D eigenvalue weighted by atomic mass is 32.1. The van der Waals surface area contributed by atoms with E-state index in [-0.39, 0.29) is 11.7 Å². The van der Waals surface area contributed by atoms with Gasteiger partial charge in [0.05, 0.1) is 11.2 Å². The molecule has 0 saturated carbocycles. The molecule has 0 saturated heterocycles. The van der Waals surface area contributed by atoms with E-state index in [0.29, 0.717) is 17.5 Å². The summed E-state index contributed by atoms with van der Waals surface area (Å²) in [4.78, 5) is 29.5. The fourth-order valence-electron chi connectivity index (χ4n) is 2.66. The molecule has 1 aliphatic rings. The van der Waals surface area contributed by atoms with Crippen LogP contribution in [0.1, 0.15) is 37.7 Å². The topological polar surface area (TPSA) is 73.1 Å². The lowest BCUT2D eigenvalue weighted by atomic mass is 9.84. The number of thiazole rings is 1. The van der Waals surface area contributed by atoms with E-state index in [0.717, 1.165) is 18.5 Å². The maximum absolute atomic E-state index is 12.6. The SMILES string of the molecule is NC(=O)c1ccccc1C(=O)C1CCc2ncsc2C1. The second kappa shape index (κ2) is 5.17. The zero-order chi connectivity index (χ0) is 14.1. The number of aryl methyl sites for hydroxylation is 1. The third kappa shape index (κ3) is 2.25. The Hall–Kier alpha value is -2.01. The molecule has 1 atom stereocenters. The molecule has 1 aliphatic carbocycles. The van der Waals surface area contributed by atoms with E-state index in [1.807, 2.05) is 5.51 Å². The monoisotopic (exact) mass is 286 g/mol. The first-order chi connectivity index (χ1) is 9.66. The molecule has 1 unspecified atom stereocenters. The molecule has 0 radical (unpaired) electrons. The largest absolute Gasteiger partial charge is 0.366 e. The molecule has 4 nitrogen and oxygen atoms in total. The summed E-state index contributed by atoms with van der Waals surface area (Å²) in [6.07, 6.45) is 2.32. The van der Waals surface area contributed by atoms with Gasteiger partial charge >= 0.3 is 0 Å². The first-order valence-electron chi connectivity index (χ1n) is 6.51. The van der Waals surface area contributed by atoms with Crippen LogP contribution in [0.15, 0.2) is 29.8 Å². The van der Waals surface area contributed by atoms with Gasteiger partial charge in [-0.15, -0.1) is 11.3 Å². The minimum atomic E-state index is -0.553. The van der Waals surface area contributed by atoms with Gasteiger partial charge in [-0.3, -0.25) is 9.59 Å². The molecule has 1 amide bonds. The van der Waals surface area contributed by atoms with E-state index in [1.165, 1.54) is 4.88 Å². The average molecular weight is 286 g/mol. The lowest BCUT2D eigenvalue weighted by molar-refractivity contribution is 0.0898. The molecular formula is C15H14N2O2S. The highest BCUT2D eigenvalue weighted by molar-refractivity contribution is 7.09. The molecule has 1 heterocycles. The lowest BCUT2D eigenvalue weighted by Crippen LogP contribution is -2.25. The van der Waals surface area contributed by atoms with Gasteiger partial charge in [-0.25, -0.2) is 4.98 Å². The van der Waals surface area contributed by atoms with E-state index in [1.54, 1.807) is 35.6 Å². The molecule has 5 heteroatoms. The number of fused-ring (bicyclic) bond motifs is 1. The van der Waals surface area contributed by atoms with Crippen molar-refractivity contribution in [3.05, 3.63) is 51.5 Å². The molecule has 0 fully saturated rings. The van der Waals surface area contributed by atoms with Crippen LogP contribution in [0.5, 0.6) is 0 Å². The molecule has 102 valence electrons. The quantitative estimate of drug-likeness (QED) is 0.879. The third-order valence-electron chi connectivity index (χ3n) is 3.72. The molecule has 2 aromatic rings. The summed E-state index contributed by atoms with van der Waals surface area (Å²) in [6, 6.07) is 6.78. The second-order valence-electron chi connectivity index (χ2n) is 4.94. The predicted molar refractivity (Wildman–Crippen MR) is 76.9 cm³/mol. The number of nitrogens with zero attached hydrogens (tertiary/aromatic N) is 1. The van der Waals surface area contributed by atoms with Gasteiger partial charge in [-0.05, 0) is 25.3 Å². The Morgan fingerprint density at radius 1 is 1.25 bits per heavy atom. The van der Waals surface area contributed by atoms with Crippen molar-refractivity contribution in [1.82, 2.24) is 4.98 Å². The van der Waals surface area contributed by atoms with E-state index in [2.05, 4.69) is 4.98 Å². The van der Waals surface area contributed by atoms with Crippen molar-refractivity contribution >= 4 is 23.0 Å². The van der Waals surface area contributed by atoms with Crippen LogP contribution in [-0.2, 0) is 12.8 Å². The third-order valence-corrected chi connectivity index (χ3v) is 4.61. The predicted octanol–water partition coefficient (Wildman–Crippen LogP) is 2.23. The Balaban J connectivity index is 1.89. The number of nitrogens with two attached hydrogens (primary N) is 1. The van der Waals surface area contributed by atoms with Gasteiger partial charge in [0, 0.05) is 21.9 Å². The number of Topliss-reactive ketones (excluding diaryl/α,β-unsaturated/α-hetero) is 1. The van der Waals surface area contributed by atoms with Crippen LogP contribution >= 0.6 is 11.3 Å². The van der Waals surface area contributed by atoms with Gasteiger partial charge in [-0.1, -0.05) is 18.2 Å². The van der Waals surface area contributed by atoms with Crippen molar-refractivity contribution in [3.8, 4) is 0 Å². The number of rotatable bonds is 3. The number of primary amides is 1. The zero-order valence-electron chi connectivity index (χ0n) is 10.8. The van der Waals surface area contributed by atoms with E-state index >= 15 is 0 Å². The van der Waals surface area contributed by atoms with Crippen LogP contribution in [0.25, 0.3) is 0 Å². The number of hydrogen-bond donors (Lipinski definition) is 1. The summed E-state index contributed by atoms with van der Waals surface area (Å²) in [5.74, 6) is -0.620. The van der Waals surface area contributed by atoms with Gasteiger partial charge in [0.1, 0.15) is 0 Å². The minimum absolute atomic E-state index is 0.0125. The first-order valence-corrected chi connectivity index (χ1v) is 7.39. The Bertz CT molecular complexity index is 678. The molecular weight excluding hydrogens is 272 g/mol. The van der Waals surface area contributed by atoms with Gasteiger partial charge in [0.2, 0.25) is 5.91 Å². The highest BCUT2D eigenvalue weighted by Gasteiger charge is 2.28. The van der Waals surface area contributed by atoms with Crippen molar-refractivity contribution in [3.63, 3.8) is 0 Å². The smallest absolute Gasteiger partial charge is 0.249 e. The molecule has 0 bridgehead atoms. The van der Waals surface area contributed by atoms with E-state index in [9.17, 15) is 9.59 Å². The number of ketones is 1. The normalized spacial score (nSPS) is 17.5. The number of benzene rings is 1. The number of carbonyl (C=O) groups excluding carboxylic acids is 2. The second-order valence-corrected chi connectivity index (χ2v) is 5.88. The Kier molecular flexibility index (Phi) is 3.36. The Morgan fingerprint density at radius 3 is 2.75 bits per heavy atom. The minimum Gasteiger partial charge on any atom is -0.366 e. The van der Waals surface area contributed by atoms with Crippen LogP contribution in [0, 0.1) is 5.92 Å². The molecule has 0 aliphatic heterocycles. The molecule has 1 aromatic heterocycles. The van der Waals surface area contributed by atoms with Crippen molar-refractivity contribution in [2.24, 2.45) is 11.7 Å². The maximum Gasteiger partial charge on any atom is 0.249 e. The van der Waals surface area contributed by atoms with Crippen LogP contribution in [-0.4, -0.2) is 16.7 Å². The number of amides is 1. The number of carbonyl (C=O) groups is 2. The fraction of sp³-hybridized carbons (Fsp3) is 0.267. The van der Waals surface area contributed by atoms with Crippen LogP contribution in [0.4, 0.5) is 0 Å². The Labute approximate surface area is 120 Å². The summed E-state index contributed by atoms with van der Waals surface area (Å²) in [6.45, 7) is 0. The maximum atomic E-state index is 12.6. The summed E-state index contributed by atoms with van der Waals surface area (Å²) in [5, 5.41) is 0. The zero-order valence-corrected chi connectivity index (χ0v) is 11.7. The van der Waals surface area contributed by atoms with Crippen molar-refractivity contribution in [2.45, 2.75) is 19.3 Å².